The molecule has 0 spiro atoms. The van der Waals surface area contributed by atoms with Crippen LogP contribution >= 0.6 is 0 Å². The Morgan fingerprint density at radius 2 is 0.864 bits per heavy atom. The van der Waals surface area contributed by atoms with Gasteiger partial charge in [-0.1, -0.05) is 167 Å². The first-order valence-corrected chi connectivity index (χ1v) is 26.3. The van der Waals surface area contributed by atoms with Gasteiger partial charge in [0.1, 0.15) is 55.4 Å². The van der Waals surface area contributed by atoms with Gasteiger partial charge in [0, 0.05) is 12.8 Å². The van der Waals surface area contributed by atoms with Crippen molar-refractivity contribution in [1.29, 1.82) is 0 Å². The van der Waals surface area contributed by atoms with Gasteiger partial charge in [0.25, 0.3) is 0 Å². The summed E-state index contributed by atoms with van der Waals surface area (Å²) >= 11 is 0. The number of carbonyl (C=O) groups excluding carboxylic acids is 2. The SMILES string of the molecule is CCCCC/C=C/CCCCCCCC(=O)OC[C@H](CO[C@H]1O[C@@H](CO[C@H]2O[C@@H](CO)[C@@H](O)C(O)C2O)[C@@H](O)C(O)C1O)OC(=O)CCCCCCCCCCCCCCCCCCCC. The highest BCUT2D eigenvalue weighted by atomic mass is 16.7. The van der Waals surface area contributed by atoms with Crippen LogP contribution in [-0.4, -0.2) is 142 Å². The van der Waals surface area contributed by atoms with Crippen LogP contribution in [0, 0.1) is 0 Å². The fourth-order valence-electron chi connectivity index (χ4n) is 8.39. The van der Waals surface area contributed by atoms with Crippen molar-refractivity contribution >= 4 is 11.9 Å². The molecule has 0 aromatic heterocycles. The highest BCUT2D eigenvalue weighted by Crippen LogP contribution is 2.26. The molecular weight excluding hydrogens is 853 g/mol. The second-order valence-corrected chi connectivity index (χ2v) is 18.7. The van der Waals surface area contributed by atoms with Crippen molar-refractivity contribution in [2.75, 3.05) is 26.4 Å². The van der Waals surface area contributed by atoms with Crippen LogP contribution in [0.2, 0.25) is 0 Å². The average molecular weight is 947 g/mol. The quantitative estimate of drug-likeness (QED) is 0.0180. The maximum absolute atomic E-state index is 13.0. The van der Waals surface area contributed by atoms with Gasteiger partial charge in [0.15, 0.2) is 18.7 Å². The number of esters is 2. The number of ether oxygens (including phenoxy) is 6. The molecule has 0 bridgehead atoms. The maximum Gasteiger partial charge on any atom is 0.306 e. The highest BCUT2D eigenvalue weighted by Gasteiger charge is 2.47. The van der Waals surface area contributed by atoms with Gasteiger partial charge in [0.05, 0.1) is 19.8 Å². The van der Waals surface area contributed by atoms with E-state index in [1.54, 1.807) is 0 Å². The lowest BCUT2D eigenvalue weighted by Gasteiger charge is -2.42. The number of carbonyl (C=O) groups is 2. The molecule has 0 aromatic carbocycles. The molecule has 2 rings (SSSR count). The zero-order valence-electron chi connectivity index (χ0n) is 40.9. The molecular formula is C51H94O15. The van der Waals surface area contributed by atoms with Crippen molar-refractivity contribution in [3.63, 3.8) is 0 Å². The number of rotatable bonds is 41. The van der Waals surface area contributed by atoms with Crippen LogP contribution in [0.5, 0.6) is 0 Å². The smallest absolute Gasteiger partial charge is 0.306 e. The van der Waals surface area contributed by atoms with Crippen molar-refractivity contribution in [3.8, 4) is 0 Å². The predicted octanol–water partition coefficient (Wildman–Crippen LogP) is 7.38. The third-order valence-electron chi connectivity index (χ3n) is 12.7. The first kappa shape index (κ1) is 60.4. The van der Waals surface area contributed by atoms with Crippen LogP contribution in [-0.2, 0) is 38.0 Å². The Hall–Kier alpha value is -1.76. The van der Waals surface area contributed by atoms with Gasteiger partial charge in [-0.3, -0.25) is 9.59 Å². The summed E-state index contributed by atoms with van der Waals surface area (Å²) in [5, 5.41) is 72.1. The molecule has 388 valence electrons. The van der Waals surface area contributed by atoms with Crippen molar-refractivity contribution in [2.45, 2.75) is 274 Å². The van der Waals surface area contributed by atoms with Crippen LogP contribution in [0.15, 0.2) is 12.2 Å². The first-order chi connectivity index (χ1) is 32.0. The summed E-state index contributed by atoms with van der Waals surface area (Å²) in [6.07, 6.45) is 21.0. The van der Waals surface area contributed by atoms with Crippen molar-refractivity contribution in [1.82, 2.24) is 0 Å². The van der Waals surface area contributed by atoms with Gasteiger partial charge in [-0.15, -0.1) is 0 Å². The summed E-state index contributed by atoms with van der Waals surface area (Å²) in [4.78, 5) is 25.7. The summed E-state index contributed by atoms with van der Waals surface area (Å²) in [5.41, 5.74) is 0. The van der Waals surface area contributed by atoms with E-state index < -0.39 is 92.7 Å². The fraction of sp³-hybridized carbons (Fsp3) is 0.922. The van der Waals surface area contributed by atoms with E-state index in [0.29, 0.717) is 12.8 Å². The van der Waals surface area contributed by atoms with E-state index in [1.807, 2.05) is 0 Å². The lowest BCUT2D eigenvalue weighted by molar-refractivity contribution is -0.332. The number of unbranched alkanes of at least 4 members (excludes halogenated alkanes) is 25. The molecule has 2 aliphatic heterocycles. The minimum Gasteiger partial charge on any atom is -0.462 e. The number of allylic oxidation sites excluding steroid dienone is 2. The van der Waals surface area contributed by atoms with E-state index in [1.165, 1.54) is 109 Å². The van der Waals surface area contributed by atoms with Crippen molar-refractivity contribution < 1.29 is 73.8 Å². The molecule has 7 N–H and O–H groups in total. The molecule has 2 heterocycles. The largest absolute Gasteiger partial charge is 0.462 e. The molecule has 0 saturated carbocycles. The Balaban J connectivity index is 1.79. The molecule has 2 aliphatic rings. The van der Waals surface area contributed by atoms with Crippen LogP contribution in [0.25, 0.3) is 0 Å². The van der Waals surface area contributed by atoms with Crippen molar-refractivity contribution in [2.24, 2.45) is 0 Å². The average Bonchev–Trinajstić information content (AvgIpc) is 3.31. The van der Waals surface area contributed by atoms with E-state index in [4.69, 9.17) is 28.4 Å². The van der Waals surface area contributed by atoms with Crippen molar-refractivity contribution in [3.05, 3.63) is 12.2 Å². The topological polar surface area (TPSA) is 231 Å². The zero-order chi connectivity index (χ0) is 48.2. The third kappa shape index (κ3) is 26.8. The number of aliphatic hydroxyl groups excluding tert-OH is 7. The summed E-state index contributed by atoms with van der Waals surface area (Å²) in [5.74, 6) is -0.925. The maximum atomic E-state index is 13.0. The summed E-state index contributed by atoms with van der Waals surface area (Å²) in [6.45, 7) is 2.58. The van der Waals surface area contributed by atoms with Crippen LogP contribution in [0.4, 0.5) is 0 Å². The Kier molecular flexibility index (Phi) is 35.7. The molecule has 0 aromatic rings. The van der Waals surface area contributed by atoms with Crippen LogP contribution < -0.4 is 0 Å². The Morgan fingerprint density at radius 1 is 0.470 bits per heavy atom. The number of aliphatic hydroxyl groups is 7. The normalized spacial score (nSPS) is 26.2. The minimum atomic E-state index is -1.76. The molecule has 2 saturated heterocycles. The van der Waals surface area contributed by atoms with E-state index in [0.717, 1.165) is 57.8 Å². The number of hydrogen-bond acceptors (Lipinski definition) is 15. The second kappa shape index (κ2) is 39.0. The Morgan fingerprint density at radius 3 is 1.36 bits per heavy atom. The molecule has 2 fully saturated rings. The third-order valence-corrected chi connectivity index (χ3v) is 12.7. The van der Waals surface area contributed by atoms with Gasteiger partial charge in [0.2, 0.25) is 0 Å². The first-order valence-electron chi connectivity index (χ1n) is 26.3. The molecule has 11 atom stereocenters. The zero-order valence-corrected chi connectivity index (χ0v) is 40.9. The van der Waals surface area contributed by atoms with Gasteiger partial charge in [-0.2, -0.15) is 0 Å². The second-order valence-electron chi connectivity index (χ2n) is 18.7. The lowest BCUT2D eigenvalue weighted by atomic mass is 9.98. The number of hydrogen-bond donors (Lipinski definition) is 7. The van der Waals surface area contributed by atoms with Crippen LogP contribution in [0.3, 0.4) is 0 Å². The Labute approximate surface area is 397 Å². The molecule has 0 aliphatic carbocycles. The standard InChI is InChI=1S/C51H94O15/c1-3-5-7-9-11-13-15-17-18-19-20-21-22-24-26-28-30-32-34-43(54)64-39(36-61-42(53)33-31-29-27-25-23-16-14-12-10-8-6-4-2)37-62-50-49(60)47(58)45(56)41(66-50)38-63-51-48(59)46(57)44(55)40(35-52)65-51/h12,14,39-41,44-52,55-60H,3-11,13,15-38H2,1-2H3/b14-12+/t39-,40+,41+,44-,45-,46?,47?,48?,49?,50+,51+/m1/s1. The Bertz CT molecular complexity index is 1210. The summed E-state index contributed by atoms with van der Waals surface area (Å²) in [6, 6.07) is 0. The molecule has 0 amide bonds. The predicted molar refractivity (Wildman–Crippen MR) is 252 cm³/mol. The van der Waals surface area contributed by atoms with Gasteiger partial charge < -0.3 is 64.2 Å². The van der Waals surface area contributed by atoms with Gasteiger partial charge in [-0.25, -0.2) is 0 Å². The van der Waals surface area contributed by atoms with E-state index in [9.17, 15) is 45.3 Å². The fourth-order valence-corrected chi connectivity index (χ4v) is 8.39. The van der Waals surface area contributed by atoms with Gasteiger partial charge >= 0.3 is 11.9 Å². The van der Waals surface area contributed by atoms with E-state index >= 15 is 0 Å². The summed E-state index contributed by atoms with van der Waals surface area (Å²) in [7, 11) is 0. The monoisotopic (exact) mass is 947 g/mol. The van der Waals surface area contributed by atoms with Gasteiger partial charge in [-0.05, 0) is 38.5 Å². The lowest BCUT2D eigenvalue weighted by Crippen LogP contribution is -2.61. The molecule has 0 radical (unpaired) electrons. The van der Waals surface area contributed by atoms with Crippen LogP contribution in [0.1, 0.15) is 206 Å². The molecule has 4 unspecified atom stereocenters. The molecule has 15 nitrogen and oxygen atoms in total. The molecule has 66 heavy (non-hydrogen) atoms. The van der Waals surface area contributed by atoms with E-state index in [2.05, 4.69) is 26.0 Å². The highest BCUT2D eigenvalue weighted by molar-refractivity contribution is 5.70. The summed E-state index contributed by atoms with van der Waals surface area (Å²) < 4.78 is 33.6. The minimum absolute atomic E-state index is 0.169. The molecule has 15 heteroatoms. The van der Waals surface area contributed by atoms with E-state index in [-0.39, 0.29) is 26.1 Å².